The quantitative estimate of drug-likeness (QED) is 0.413. The summed E-state index contributed by atoms with van der Waals surface area (Å²) in [6, 6.07) is 7.28. The van der Waals surface area contributed by atoms with Crippen molar-refractivity contribution in [1.82, 2.24) is 19.9 Å². The molecule has 0 atom stereocenters. The van der Waals surface area contributed by atoms with Gasteiger partial charge >= 0.3 is 12.1 Å². The summed E-state index contributed by atoms with van der Waals surface area (Å²) in [6.45, 7) is 5.08. The third-order valence-electron chi connectivity index (χ3n) is 6.91. The topological polar surface area (TPSA) is 101 Å². The predicted molar refractivity (Wildman–Crippen MR) is 140 cm³/mol. The van der Waals surface area contributed by atoms with Crippen molar-refractivity contribution < 1.29 is 22.7 Å². The highest BCUT2D eigenvalue weighted by Gasteiger charge is 2.42. The lowest BCUT2D eigenvalue weighted by Crippen LogP contribution is -2.43. The lowest BCUT2D eigenvalue weighted by Gasteiger charge is -2.29. The summed E-state index contributed by atoms with van der Waals surface area (Å²) < 4.78 is 45.8. The summed E-state index contributed by atoms with van der Waals surface area (Å²) in [5.74, 6) is -3.06. The van der Waals surface area contributed by atoms with Gasteiger partial charge in [0.25, 0.3) is 5.56 Å². The molecule has 0 unspecified atom stereocenters. The Morgan fingerprint density at radius 3 is 2.42 bits per heavy atom. The van der Waals surface area contributed by atoms with Gasteiger partial charge in [0.05, 0.1) is 9.86 Å². The number of anilines is 3. The van der Waals surface area contributed by atoms with Crippen molar-refractivity contribution >= 4 is 50.3 Å². The molecule has 1 aliphatic heterocycles. The first-order valence-corrected chi connectivity index (χ1v) is 13.2. The number of ether oxygens (including phenoxy) is 1. The zero-order valence-electron chi connectivity index (χ0n) is 20.6. The Kier molecular flexibility index (Phi) is 7.32. The van der Waals surface area contributed by atoms with E-state index in [1.54, 1.807) is 6.92 Å². The SMILES string of the molecule is Cc1c(Br)c(=O)n(C2CCCC2)c2nc(Nc3ccc(N4CCNCC4)cc3)nc(OC(=O)C(F)(F)F)c12. The molecule has 5 rings (SSSR count). The van der Waals surface area contributed by atoms with Gasteiger partial charge in [-0.25, -0.2) is 4.79 Å². The van der Waals surface area contributed by atoms with E-state index >= 15 is 0 Å². The molecular weight excluding hydrogens is 569 g/mol. The molecule has 0 spiro atoms. The van der Waals surface area contributed by atoms with E-state index in [2.05, 4.69) is 41.4 Å². The van der Waals surface area contributed by atoms with Crippen LogP contribution in [0.3, 0.4) is 0 Å². The summed E-state index contributed by atoms with van der Waals surface area (Å²) in [5, 5.41) is 6.37. The molecule has 1 saturated heterocycles. The van der Waals surface area contributed by atoms with Crippen LogP contribution in [0.25, 0.3) is 11.0 Å². The zero-order valence-corrected chi connectivity index (χ0v) is 22.2. The Balaban J connectivity index is 1.60. The van der Waals surface area contributed by atoms with Gasteiger partial charge < -0.3 is 20.3 Å². The number of fused-ring (bicyclic) bond motifs is 1. The van der Waals surface area contributed by atoms with Crippen molar-refractivity contribution in [2.24, 2.45) is 0 Å². The summed E-state index contributed by atoms with van der Waals surface area (Å²) in [4.78, 5) is 36.0. The van der Waals surface area contributed by atoms with Gasteiger partial charge in [0.15, 0.2) is 5.65 Å². The highest BCUT2D eigenvalue weighted by atomic mass is 79.9. The molecule has 0 radical (unpaired) electrons. The predicted octanol–water partition coefficient (Wildman–Crippen LogP) is 4.60. The molecule has 0 amide bonds. The van der Waals surface area contributed by atoms with Crippen LogP contribution in [0, 0.1) is 6.92 Å². The van der Waals surface area contributed by atoms with E-state index in [9.17, 15) is 22.8 Å². The molecule has 2 fully saturated rings. The number of aromatic nitrogens is 3. The van der Waals surface area contributed by atoms with Crippen LogP contribution in [0.5, 0.6) is 5.88 Å². The number of esters is 1. The van der Waals surface area contributed by atoms with Crippen molar-refractivity contribution in [2.75, 3.05) is 36.4 Å². The number of benzene rings is 1. The number of aryl methyl sites for hydroxylation is 1. The first-order valence-electron chi connectivity index (χ1n) is 12.4. The average molecular weight is 595 g/mol. The van der Waals surface area contributed by atoms with E-state index in [0.717, 1.165) is 57.5 Å². The third kappa shape index (κ3) is 5.21. The fourth-order valence-corrected chi connectivity index (χ4v) is 5.38. The molecule has 3 aromatic rings. The number of carbonyl (C=O) groups is 1. The highest BCUT2D eigenvalue weighted by molar-refractivity contribution is 9.10. The molecule has 202 valence electrons. The van der Waals surface area contributed by atoms with Gasteiger partial charge in [-0.3, -0.25) is 9.36 Å². The van der Waals surface area contributed by atoms with Crippen molar-refractivity contribution in [1.29, 1.82) is 0 Å². The minimum absolute atomic E-state index is 0.0700. The number of nitrogens with zero attached hydrogens (tertiary/aromatic N) is 4. The smallest absolute Gasteiger partial charge is 0.400 e. The van der Waals surface area contributed by atoms with Crippen molar-refractivity contribution in [2.45, 2.75) is 44.8 Å². The molecule has 2 aromatic heterocycles. The largest absolute Gasteiger partial charge is 0.491 e. The van der Waals surface area contributed by atoms with Gasteiger partial charge in [-0.1, -0.05) is 12.8 Å². The van der Waals surface area contributed by atoms with Gasteiger partial charge in [-0.15, -0.1) is 0 Å². The highest BCUT2D eigenvalue weighted by Crippen LogP contribution is 2.36. The number of pyridine rings is 1. The Bertz CT molecular complexity index is 1420. The van der Waals surface area contributed by atoms with Gasteiger partial charge in [0.2, 0.25) is 11.8 Å². The molecule has 2 N–H and O–H groups in total. The fourth-order valence-electron chi connectivity index (χ4n) is 4.99. The second-order valence-corrected chi connectivity index (χ2v) is 10.2. The Hall–Kier alpha value is -3.19. The first kappa shape index (κ1) is 26.4. The number of hydrogen-bond donors (Lipinski definition) is 2. The first-order chi connectivity index (χ1) is 18.1. The fraction of sp³-hybridized carbons (Fsp3) is 0.440. The summed E-state index contributed by atoms with van der Waals surface area (Å²) >= 11 is 3.27. The van der Waals surface area contributed by atoms with E-state index in [1.165, 1.54) is 4.57 Å². The van der Waals surface area contributed by atoms with Gasteiger partial charge in [0, 0.05) is 43.6 Å². The number of rotatable bonds is 5. The molecule has 38 heavy (non-hydrogen) atoms. The van der Waals surface area contributed by atoms with Crippen LogP contribution in [-0.4, -0.2) is 52.9 Å². The van der Waals surface area contributed by atoms with Crippen molar-refractivity contribution in [3.63, 3.8) is 0 Å². The molecule has 1 aliphatic carbocycles. The Morgan fingerprint density at radius 1 is 1.13 bits per heavy atom. The van der Waals surface area contributed by atoms with E-state index in [-0.39, 0.29) is 38.6 Å². The second kappa shape index (κ2) is 10.5. The molecule has 3 heterocycles. The Labute approximate surface area is 224 Å². The lowest BCUT2D eigenvalue weighted by atomic mass is 10.1. The molecule has 1 saturated carbocycles. The maximum Gasteiger partial charge on any atom is 0.491 e. The maximum absolute atomic E-state index is 13.3. The molecule has 2 aliphatic rings. The number of hydrogen-bond acceptors (Lipinski definition) is 8. The molecule has 1 aromatic carbocycles. The van der Waals surface area contributed by atoms with E-state index in [4.69, 9.17) is 4.74 Å². The average Bonchev–Trinajstić information content (AvgIpc) is 3.42. The molecule has 0 bridgehead atoms. The lowest BCUT2D eigenvalue weighted by molar-refractivity contribution is -0.189. The number of carbonyl (C=O) groups excluding carboxylic acids is 1. The molecule has 9 nitrogen and oxygen atoms in total. The minimum Gasteiger partial charge on any atom is -0.400 e. The maximum atomic E-state index is 13.3. The van der Waals surface area contributed by atoms with Crippen LogP contribution in [0.4, 0.5) is 30.5 Å². The van der Waals surface area contributed by atoms with E-state index in [1.807, 2.05) is 24.3 Å². The summed E-state index contributed by atoms with van der Waals surface area (Å²) in [6.07, 6.45) is -1.95. The van der Waals surface area contributed by atoms with E-state index in [0.29, 0.717) is 5.69 Å². The van der Waals surface area contributed by atoms with Crippen LogP contribution in [0.2, 0.25) is 0 Å². The van der Waals surface area contributed by atoms with E-state index < -0.39 is 18.0 Å². The zero-order chi connectivity index (χ0) is 27.0. The number of piperazine rings is 1. The van der Waals surface area contributed by atoms with Crippen LogP contribution in [-0.2, 0) is 4.79 Å². The monoisotopic (exact) mass is 594 g/mol. The van der Waals surface area contributed by atoms with Gasteiger partial charge in [-0.2, -0.15) is 23.1 Å². The summed E-state index contributed by atoms with van der Waals surface area (Å²) in [7, 11) is 0. The molecule has 13 heteroatoms. The number of halogens is 4. The van der Waals surface area contributed by atoms with Crippen molar-refractivity contribution in [3.05, 3.63) is 44.7 Å². The van der Waals surface area contributed by atoms with Crippen LogP contribution in [0.1, 0.15) is 37.3 Å². The van der Waals surface area contributed by atoms with Gasteiger partial charge in [0.1, 0.15) is 0 Å². The van der Waals surface area contributed by atoms with Crippen molar-refractivity contribution in [3.8, 4) is 5.88 Å². The Morgan fingerprint density at radius 2 is 1.79 bits per heavy atom. The number of nitrogens with one attached hydrogen (secondary N) is 2. The third-order valence-corrected chi connectivity index (χ3v) is 7.85. The normalized spacial score (nSPS) is 16.7. The van der Waals surface area contributed by atoms with Crippen LogP contribution >= 0.6 is 15.9 Å². The number of alkyl halides is 3. The molecular formula is C25H26BrF3N6O3. The summed E-state index contributed by atoms with van der Waals surface area (Å²) in [5.41, 5.74) is 1.67. The standard InChI is InChI=1S/C25H26BrF3N6O3/c1-14-18-20(35(22(36)19(14)26)17-4-2-3-5-17)32-24(33-21(18)38-23(37)25(27,28)29)31-15-6-8-16(9-7-15)34-12-10-30-11-13-34/h6-9,17,30H,2-5,10-13H2,1H3,(H,31,32,33). The van der Waals surface area contributed by atoms with Gasteiger partial charge in [-0.05, 0) is 65.5 Å². The van der Waals surface area contributed by atoms with Crippen LogP contribution < -0.4 is 25.8 Å². The minimum atomic E-state index is -5.23. The van der Waals surface area contributed by atoms with Crippen LogP contribution in [0.15, 0.2) is 33.5 Å². The second-order valence-electron chi connectivity index (χ2n) is 9.40.